The summed E-state index contributed by atoms with van der Waals surface area (Å²) in [6.07, 6.45) is 5.50. The molecule has 1 nitrogen and oxygen atoms in total. The minimum absolute atomic E-state index is 0.252. The Morgan fingerprint density at radius 2 is 1.86 bits per heavy atom. The molecular formula is C19H28OS. The molecule has 2 saturated carbocycles. The van der Waals surface area contributed by atoms with E-state index in [9.17, 15) is 0 Å². The molecule has 1 aromatic carbocycles. The average Bonchev–Trinajstić information content (AvgIpc) is 2.78. The van der Waals surface area contributed by atoms with Gasteiger partial charge in [0.2, 0.25) is 0 Å². The third kappa shape index (κ3) is 2.14. The van der Waals surface area contributed by atoms with Gasteiger partial charge in [-0.1, -0.05) is 51.1 Å². The smallest absolute Gasteiger partial charge is 0.0746 e. The normalized spacial score (nSPS) is 38.8. The highest BCUT2D eigenvalue weighted by atomic mass is 32.2. The molecule has 0 spiro atoms. The van der Waals surface area contributed by atoms with E-state index >= 15 is 0 Å². The van der Waals surface area contributed by atoms with Gasteiger partial charge in [-0.25, -0.2) is 0 Å². The fourth-order valence-electron chi connectivity index (χ4n) is 4.89. The monoisotopic (exact) mass is 304 g/mol. The molecule has 21 heavy (non-hydrogen) atoms. The third-order valence-corrected chi connectivity index (χ3v) is 8.58. The van der Waals surface area contributed by atoms with Crippen LogP contribution in [0.4, 0.5) is 0 Å². The standard InChI is InChI=1S/C19H28OS/c1-18(2)15-11-12-19(18,3)17(20-4)16(15)21(5)13-14-9-7-6-8-10-14/h6-10,13,15-17H,11-12H2,1-5H3/t15-,16-,17-,19+,21?/m1/s1. The predicted octanol–water partition coefficient (Wildman–Crippen LogP) is 4.58. The number of benzene rings is 1. The van der Waals surface area contributed by atoms with Crippen LogP contribution in [0.3, 0.4) is 0 Å². The van der Waals surface area contributed by atoms with Crippen LogP contribution in [0.5, 0.6) is 0 Å². The van der Waals surface area contributed by atoms with Gasteiger partial charge in [-0.05, 0) is 41.4 Å². The van der Waals surface area contributed by atoms with Crippen molar-refractivity contribution < 1.29 is 4.74 Å². The zero-order chi connectivity index (χ0) is 15.3. The molecule has 2 aliphatic rings. The van der Waals surface area contributed by atoms with E-state index in [1.165, 1.54) is 18.4 Å². The van der Waals surface area contributed by atoms with Gasteiger partial charge in [0.1, 0.15) is 0 Å². The van der Waals surface area contributed by atoms with Crippen LogP contribution in [0.1, 0.15) is 39.2 Å². The molecule has 0 amide bonds. The molecule has 0 N–H and O–H groups in total. The second kappa shape index (κ2) is 5.24. The van der Waals surface area contributed by atoms with E-state index in [0.717, 1.165) is 5.92 Å². The fourth-order valence-corrected chi connectivity index (χ4v) is 7.43. The zero-order valence-corrected chi connectivity index (χ0v) is 14.7. The third-order valence-electron chi connectivity index (χ3n) is 6.50. The number of rotatable bonds is 3. The topological polar surface area (TPSA) is 9.23 Å². The first-order valence-electron chi connectivity index (χ1n) is 7.98. The minimum Gasteiger partial charge on any atom is -0.380 e. The Balaban J connectivity index is 1.97. The van der Waals surface area contributed by atoms with Crippen LogP contribution < -0.4 is 0 Å². The first-order valence-corrected chi connectivity index (χ1v) is 9.74. The second-order valence-electron chi connectivity index (χ2n) is 7.54. The molecule has 116 valence electrons. The Morgan fingerprint density at radius 1 is 1.19 bits per heavy atom. The Bertz CT molecular complexity index is 548. The lowest BCUT2D eigenvalue weighted by Gasteiger charge is -2.39. The summed E-state index contributed by atoms with van der Waals surface area (Å²) in [7, 11) is 2.17. The van der Waals surface area contributed by atoms with Gasteiger partial charge in [0.05, 0.1) is 6.10 Å². The maximum absolute atomic E-state index is 6.04. The van der Waals surface area contributed by atoms with Crippen molar-refractivity contribution in [3.63, 3.8) is 0 Å². The van der Waals surface area contributed by atoms with Crippen molar-refractivity contribution in [3.8, 4) is 0 Å². The van der Waals surface area contributed by atoms with E-state index in [1.807, 2.05) is 7.11 Å². The Labute approximate surface area is 132 Å². The predicted molar refractivity (Wildman–Crippen MR) is 94.3 cm³/mol. The highest BCUT2D eigenvalue weighted by molar-refractivity contribution is 8.15. The van der Waals surface area contributed by atoms with E-state index < -0.39 is 0 Å². The summed E-state index contributed by atoms with van der Waals surface area (Å²) in [5.74, 6) is 0.792. The van der Waals surface area contributed by atoms with Gasteiger partial charge in [-0.2, -0.15) is 10.5 Å². The highest BCUT2D eigenvalue weighted by Gasteiger charge is 2.66. The van der Waals surface area contributed by atoms with Crippen molar-refractivity contribution in [2.45, 2.75) is 45.0 Å². The number of hydrogen-bond acceptors (Lipinski definition) is 1. The van der Waals surface area contributed by atoms with Gasteiger partial charge < -0.3 is 4.74 Å². The van der Waals surface area contributed by atoms with Crippen molar-refractivity contribution in [1.29, 1.82) is 0 Å². The second-order valence-corrected chi connectivity index (χ2v) is 9.54. The molecule has 0 saturated heterocycles. The summed E-state index contributed by atoms with van der Waals surface area (Å²) in [5, 5.41) is 3.14. The van der Waals surface area contributed by atoms with Crippen molar-refractivity contribution in [2.75, 3.05) is 13.4 Å². The molecule has 3 rings (SSSR count). The SMILES string of the molecule is CO[C@@H]1[C@H](/S(C)=C/c2ccccc2)[C@H]2CC[C@]1(C)C2(C)C. The first-order chi connectivity index (χ1) is 9.91. The molecule has 1 aromatic rings. The summed E-state index contributed by atoms with van der Waals surface area (Å²) in [6.45, 7) is 7.40. The minimum atomic E-state index is 0.252. The fraction of sp³-hybridized carbons (Fsp3) is 0.632. The Kier molecular flexibility index (Phi) is 3.82. The largest absolute Gasteiger partial charge is 0.380 e. The maximum Gasteiger partial charge on any atom is 0.0746 e. The van der Waals surface area contributed by atoms with Gasteiger partial charge >= 0.3 is 0 Å². The summed E-state index contributed by atoms with van der Waals surface area (Å²) < 4.78 is 6.04. The molecular weight excluding hydrogens is 276 g/mol. The average molecular weight is 304 g/mol. The van der Waals surface area contributed by atoms with Crippen LogP contribution in [-0.4, -0.2) is 30.1 Å². The molecule has 2 bridgehead atoms. The summed E-state index contributed by atoms with van der Waals surface area (Å²) in [5.41, 5.74) is 2.08. The molecule has 0 heterocycles. The Morgan fingerprint density at radius 3 is 2.48 bits per heavy atom. The van der Waals surface area contributed by atoms with Crippen LogP contribution >= 0.6 is 10.5 Å². The van der Waals surface area contributed by atoms with Gasteiger partial charge in [-0.3, -0.25) is 0 Å². The Hall–Kier alpha value is -0.600. The van der Waals surface area contributed by atoms with Crippen LogP contribution in [0.15, 0.2) is 30.3 Å². The molecule has 2 aliphatic carbocycles. The van der Waals surface area contributed by atoms with E-state index in [2.05, 4.69) is 62.7 Å². The lowest BCUT2D eigenvalue weighted by molar-refractivity contribution is -0.0176. The van der Waals surface area contributed by atoms with Gasteiger partial charge in [0.25, 0.3) is 0 Å². The number of methoxy groups -OCH3 is 1. The maximum atomic E-state index is 6.04. The quantitative estimate of drug-likeness (QED) is 0.743. The molecule has 2 heteroatoms. The molecule has 0 radical (unpaired) electrons. The van der Waals surface area contributed by atoms with Crippen molar-refractivity contribution in [2.24, 2.45) is 16.7 Å². The van der Waals surface area contributed by atoms with E-state index in [0.29, 0.717) is 22.2 Å². The molecule has 5 atom stereocenters. The van der Waals surface area contributed by atoms with Crippen LogP contribution in [0, 0.1) is 16.7 Å². The van der Waals surface area contributed by atoms with Crippen molar-refractivity contribution >= 4 is 15.9 Å². The molecule has 1 unspecified atom stereocenters. The summed E-state index contributed by atoms with van der Waals surface area (Å²) >= 11 is 0. The highest BCUT2D eigenvalue weighted by Crippen LogP contribution is 2.69. The van der Waals surface area contributed by atoms with Crippen LogP contribution in [0.2, 0.25) is 0 Å². The van der Waals surface area contributed by atoms with Crippen LogP contribution in [0.25, 0.3) is 0 Å². The zero-order valence-electron chi connectivity index (χ0n) is 13.9. The van der Waals surface area contributed by atoms with Crippen molar-refractivity contribution in [3.05, 3.63) is 35.9 Å². The van der Waals surface area contributed by atoms with Gasteiger partial charge in [0, 0.05) is 17.8 Å². The summed E-state index contributed by atoms with van der Waals surface area (Å²) in [6, 6.07) is 10.8. The lowest BCUT2D eigenvalue weighted by Crippen LogP contribution is -2.40. The van der Waals surface area contributed by atoms with Gasteiger partial charge in [-0.15, -0.1) is 0 Å². The number of hydrogen-bond donors (Lipinski definition) is 0. The molecule has 2 fully saturated rings. The van der Waals surface area contributed by atoms with E-state index in [4.69, 9.17) is 4.74 Å². The van der Waals surface area contributed by atoms with E-state index in [1.54, 1.807) is 0 Å². The number of ether oxygens (including phenoxy) is 1. The van der Waals surface area contributed by atoms with Crippen molar-refractivity contribution in [1.82, 2.24) is 0 Å². The summed E-state index contributed by atoms with van der Waals surface area (Å²) in [4.78, 5) is 0. The number of fused-ring (bicyclic) bond motifs is 2. The lowest BCUT2D eigenvalue weighted by atomic mass is 9.70. The molecule has 0 aliphatic heterocycles. The molecule has 0 aromatic heterocycles. The van der Waals surface area contributed by atoms with Crippen LogP contribution in [-0.2, 0) is 4.74 Å². The van der Waals surface area contributed by atoms with E-state index in [-0.39, 0.29) is 10.5 Å². The first kappa shape index (κ1) is 15.3. The van der Waals surface area contributed by atoms with Gasteiger partial charge in [0.15, 0.2) is 0 Å².